The van der Waals surface area contributed by atoms with Gasteiger partial charge < -0.3 is 14.6 Å². The number of nitrogens with one attached hydrogen (secondary N) is 1. The number of halogens is 1. The van der Waals surface area contributed by atoms with Crippen LogP contribution in [0.5, 0.6) is 0 Å². The molecule has 1 aromatic heterocycles. The number of aromatic nitrogens is 2. The Morgan fingerprint density at radius 3 is 2.92 bits per heavy atom. The average molecular weight is 350 g/mol. The molecule has 24 heavy (non-hydrogen) atoms. The molecule has 4 rings (SSSR count). The van der Waals surface area contributed by atoms with Crippen molar-refractivity contribution in [2.45, 2.75) is 24.7 Å². The predicted octanol–water partition coefficient (Wildman–Crippen LogP) is 2.59. The van der Waals surface area contributed by atoms with Crippen LogP contribution in [0.15, 0.2) is 28.8 Å². The Hall–Kier alpha value is -1.92. The first kappa shape index (κ1) is 16.9. The topological polar surface area (TPSA) is 77.2 Å². The van der Waals surface area contributed by atoms with E-state index < -0.39 is 0 Å². The molecule has 2 heterocycles. The van der Waals surface area contributed by atoms with Crippen LogP contribution in [0.4, 0.5) is 0 Å². The molecular weight excluding hydrogens is 330 g/mol. The first-order valence-electron chi connectivity index (χ1n) is 7.96. The van der Waals surface area contributed by atoms with Gasteiger partial charge in [0.15, 0.2) is 0 Å². The average Bonchev–Trinajstić information content (AvgIpc) is 3.28. The second-order valence-corrected chi connectivity index (χ2v) is 6.37. The van der Waals surface area contributed by atoms with Crippen LogP contribution in [0, 0.1) is 5.92 Å². The third-order valence-corrected chi connectivity index (χ3v) is 5.20. The molecule has 0 radical (unpaired) electrons. The molecule has 1 N–H and O–H groups in total. The number of esters is 1. The minimum atomic E-state index is -0.352. The zero-order chi connectivity index (χ0) is 15.9. The molecule has 1 saturated heterocycles. The van der Waals surface area contributed by atoms with E-state index in [0.717, 1.165) is 31.0 Å². The van der Waals surface area contributed by atoms with Crippen molar-refractivity contribution in [1.82, 2.24) is 15.5 Å². The fourth-order valence-electron chi connectivity index (χ4n) is 3.92. The molecule has 6 nitrogen and oxygen atoms in total. The van der Waals surface area contributed by atoms with Gasteiger partial charge in [0.05, 0.1) is 18.1 Å². The van der Waals surface area contributed by atoms with Crippen LogP contribution < -0.4 is 5.32 Å². The smallest absolute Gasteiger partial charge is 0.337 e. The molecule has 2 fully saturated rings. The van der Waals surface area contributed by atoms with Crippen LogP contribution in [0.1, 0.15) is 35.5 Å². The van der Waals surface area contributed by atoms with Crippen LogP contribution in [-0.2, 0) is 10.2 Å². The number of ether oxygens (including phenoxy) is 1. The number of carbonyl (C=O) groups excluding carboxylic acids is 1. The molecule has 1 aliphatic carbocycles. The van der Waals surface area contributed by atoms with Gasteiger partial charge in [0.1, 0.15) is 0 Å². The second-order valence-electron chi connectivity index (χ2n) is 6.37. The summed E-state index contributed by atoms with van der Waals surface area (Å²) in [6.45, 7) is 1.95. The van der Waals surface area contributed by atoms with E-state index in [2.05, 4.69) is 15.5 Å². The summed E-state index contributed by atoms with van der Waals surface area (Å²) in [5.41, 5.74) is 1.36. The maximum Gasteiger partial charge on any atom is 0.337 e. The van der Waals surface area contributed by atoms with Crippen LogP contribution in [0.25, 0.3) is 11.4 Å². The summed E-state index contributed by atoms with van der Waals surface area (Å²) in [5.74, 6) is 1.56. The van der Waals surface area contributed by atoms with Gasteiger partial charge in [0, 0.05) is 12.1 Å². The van der Waals surface area contributed by atoms with Crippen molar-refractivity contribution in [2.24, 2.45) is 5.92 Å². The number of methoxy groups -OCH3 is 1. The fraction of sp³-hybridized carbons (Fsp3) is 0.471. The van der Waals surface area contributed by atoms with Gasteiger partial charge in [0.25, 0.3) is 0 Å². The number of hydrogen-bond donors (Lipinski definition) is 1. The summed E-state index contributed by atoms with van der Waals surface area (Å²) in [5, 5.41) is 7.61. The monoisotopic (exact) mass is 349 g/mol. The SMILES string of the molecule is COC(=O)c1ccc(-c2noc([C@@]34CCC[C@@H]3CNC4)n2)cc1.Cl. The van der Waals surface area contributed by atoms with Crippen LogP contribution in [-0.4, -0.2) is 36.3 Å². The maximum atomic E-state index is 11.5. The van der Waals surface area contributed by atoms with E-state index in [4.69, 9.17) is 9.26 Å². The summed E-state index contributed by atoms with van der Waals surface area (Å²) in [7, 11) is 1.37. The molecule has 0 spiro atoms. The molecule has 2 atom stereocenters. The van der Waals surface area contributed by atoms with Gasteiger partial charge in [-0.2, -0.15) is 4.98 Å². The van der Waals surface area contributed by atoms with Crippen LogP contribution in [0.3, 0.4) is 0 Å². The van der Waals surface area contributed by atoms with E-state index in [1.54, 1.807) is 12.1 Å². The zero-order valence-corrected chi connectivity index (χ0v) is 14.3. The van der Waals surface area contributed by atoms with Gasteiger partial charge in [-0.25, -0.2) is 4.79 Å². The van der Waals surface area contributed by atoms with Gasteiger partial charge in [-0.05, 0) is 37.4 Å². The second kappa shape index (κ2) is 6.53. The van der Waals surface area contributed by atoms with E-state index >= 15 is 0 Å². The van der Waals surface area contributed by atoms with E-state index in [1.807, 2.05) is 12.1 Å². The fourth-order valence-corrected chi connectivity index (χ4v) is 3.92. The minimum absolute atomic E-state index is 0. The Morgan fingerprint density at radius 1 is 1.38 bits per heavy atom. The summed E-state index contributed by atoms with van der Waals surface area (Å²) in [4.78, 5) is 16.1. The maximum absolute atomic E-state index is 11.5. The van der Waals surface area contributed by atoms with Gasteiger partial charge in [-0.1, -0.05) is 23.7 Å². The minimum Gasteiger partial charge on any atom is -0.465 e. The lowest BCUT2D eigenvalue weighted by Gasteiger charge is -2.22. The Balaban J connectivity index is 0.00000169. The van der Waals surface area contributed by atoms with E-state index in [0.29, 0.717) is 17.3 Å². The van der Waals surface area contributed by atoms with Crippen molar-refractivity contribution in [3.8, 4) is 11.4 Å². The van der Waals surface area contributed by atoms with E-state index in [-0.39, 0.29) is 23.8 Å². The normalized spacial score (nSPS) is 25.1. The molecule has 2 aliphatic rings. The zero-order valence-electron chi connectivity index (χ0n) is 13.4. The van der Waals surface area contributed by atoms with Crippen molar-refractivity contribution in [3.05, 3.63) is 35.7 Å². The van der Waals surface area contributed by atoms with Crippen LogP contribution in [0.2, 0.25) is 0 Å². The highest BCUT2D eigenvalue weighted by molar-refractivity contribution is 5.89. The highest BCUT2D eigenvalue weighted by Crippen LogP contribution is 2.47. The van der Waals surface area contributed by atoms with Crippen molar-refractivity contribution < 1.29 is 14.1 Å². The third kappa shape index (κ3) is 2.59. The Kier molecular flexibility index (Phi) is 4.60. The van der Waals surface area contributed by atoms with Gasteiger partial charge >= 0.3 is 5.97 Å². The Bertz CT molecular complexity index is 719. The van der Waals surface area contributed by atoms with Gasteiger partial charge in [-0.3, -0.25) is 0 Å². The van der Waals surface area contributed by atoms with Crippen molar-refractivity contribution in [1.29, 1.82) is 0 Å². The van der Waals surface area contributed by atoms with Crippen LogP contribution >= 0.6 is 12.4 Å². The molecule has 0 amide bonds. The third-order valence-electron chi connectivity index (χ3n) is 5.20. The molecule has 2 aromatic rings. The van der Waals surface area contributed by atoms with Gasteiger partial charge in [0.2, 0.25) is 11.7 Å². The number of hydrogen-bond acceptors (Lipinski definition) is 6. The highest BCUT2D eigenvalue weighted by Gasteiger charge is 2.51. The predicted molar refractivity (Wildman–Crippen MR) is 90.2 cm³/mol. The summed E-state index contributed by atoms with van der Waals surface area (Å²) < 4.78 is 10.3. The number of benzene rings is 1. The van der Waals surface area contributed by atoms with Crippen molar-refractivity contribution >= 4 is 18.4 Å². The number of rotatable bonds is 3. The molecule has 1 saturated carbocycles. The lowest BCUT2D eigenvalue weighted by Crippen LogP contribution is -2.31. The van der Waals surface area contributed by atoms with Crippen molar-refractivity contribution in [2.75, 3.05) is 20.2 Å². The number of carbonyl (C=O) groups is 1. The Morgan fingerprint density at radius 2 is 2.17 bits per heavy atom. The summed E-state index contributed by atoms with van der Waals surface area (Å²) >= 11 is 0. The largest absolute Gasteiger partial charge is 0.465 e. The Labute approximate surface area is 146 Å². The first-order valence-corrected chi connectivity index (χ1v) is 7.96. The molecule has 0 unspecified atom stereocenters. The van der Waals surface area contributed by atoms with E-state index in [1.165, 1.54) is 20.0 Å². The quantitative estimate of drug-likeness (QED) is 0.858. The molecule has 1 aliphatic heterocycles. The highest BCUT2D eigenvalue weighted by atomic mass is 35.5. The first-order chi connectivity index (χ1) is 11.2. The summed E-state index contributed by atoms with van der Waals surface area (Å²) in [6, 6.07) is 7.06. The standard InChI is InChI=1S/C17H19N3O3.ClH/c1-22-15(21)12-6-4-11(5-7-12)14-19-16(23-20-14)17-8-2-3-13(17)9-18-10-17;/h4-7,13,18H,2-3,8-10H2,1H3;1H/t13-,17-;/m1./s1. The lowest BCUT2D eigenvalue weighted by atomic mass is 9.80. The van der Waals surface area contributed by atoms with E-state index in [9.17, 15) is 4.79 Å². The molecular formula is C17H20ClN3O3. The van der Waals surface area contributed by atoms with Crippen molar-refractivity contribution in [3.63, 3.8) is 0 Å². The molecule has 0 bridgehead atoms. The number of fused-ring (bicyclic) bond motifs is 1. The summed E-state index contributed by atoms with van der Waals surface area (Å²) in [6.07, 6.45) is 3.55. The molecule has 1 aromatic carbocycles. The molecule has 128 valence electrons. The molecule has 7 heteroatoms. The van der Waals surface area contributed by atoms with Gasteiger partial charge in [-0.15, -0.1) is 12.4 Å². The lowest BCUT2D eigenvalue weighted by molar-refractivity contribution is 0.0601. The number of nitrogens with zero attached hydrogens (tertiary/aromatic N) is 2.